The molecule has 1 fully saturated rings. The molecule has 2 aromatic rings. The van der Waals surface area contributed by atoms with Gasteiger partial charge in [0.25, 0.3) is 0 Å². The van der Waals surface area contributed by atoms with Gasteiger partial charge in [0, 0.05) is 35.2 Å². The molecule has 1 heterocycles. The van der Waals surface area contributed by atoms with Gasteiger partial charge in [-0.3, -0.25) is 4.79 Å². The average Bonchev–Trinajstić information content (AvgIpc) is 3.44. The number of carbonyl (C=O) groups is 3. The van der Waals surface area contributed by atoms with Crippen LogP contribution in [0.3, 0.4) is 0 Å². The van der Waals surface area contributed by atoms with E-state index in [-0.39, 0.29) is 17.8 Å². The fourth-order valence-electron chi connectivity index (χ4n) is 6.02. The van der Waals surface area contributed by atoms with E-state index < -0.39 is 17.9 Å². The summed E-state index contributed by atoms with van der Waals surface area (Å²) in [6, 6.07) is 14.7. The first-order valence-corrected chi connectivity index (χ1v) is 13.2. The number of Topliss-reactive ketones (excluding diaryl/α,β-unsaturated/α-hetero) is 1. The number of esters is 2. The molecule has 0 spiro atoms. The smallest absolute Gasteiger partial charge is 0.337 e. The van der Waals surface area contributed by atoms with Crippen molar-refractivity contribution in [1.29, 1.82) is 0 Å². The van der Waals surface area contributed by atoms with Crippen molar-refractivity contribution >= 4 is 17.7 Å². The predicted molar refractivity (Wildman–Crippen MR) is 142 cm³/mol. The maximum absolute atomic E-state index is 13.8. The third kappa shape index (κ3) is 4.85. The maximum atomic E-state index is 13.8. The summed E-state index contributed by atoms with van der Waals surface area (Å²) in [7, 11) is 2.97. The summed E-state index contributed by atoms with van der Waals surface area (Å²) in [4.78, 5) is 39.5. The van der Waals surface area contributed by atoms with E-state index >= 15 is 0 Å². The van der Waals surface area contributed by atoms with Crippen LogP contribution in [0.2, 0.25) is 0 Å². The van der Waals surface area contributed by atoms with Gasteiger partial charge in [0.1, 0.15) is 11.9 Å². The lowest BCUT2D eigenvalue weighted by atomic mass is 9.71. The van der Waals surface area contributed by atoms with Crippen molar-refractivity contribution in [3.05, 3.63) is 87.8 Å². The summed E-state index contributed by atoms with van der Waals surface area (Å²) < 4.78 is 16.3. The van der Waals surface area contributed by atoms with Crippen molar-refractivity contribution in [2.24, 2.45) is 0 Å². The molecule has 1 saturated carbocycles. The first-order chi connectivity index (χ1) is 18.4. The molecule has 7 heteroatoms. The third-order valence-corrected chi connectivity index (χ3v) is 7.87. The molecule has 1 N–H and O–H groups in total. The molecule has 38 heavy (non-hydrogen) atoms. The van der Waals surface area contributed by atoms with Crippen molar-refractivity contribution in [3.63, 3.8) is 0 Å². The van der Waals surface area contributed by atoms with Crippen LogP contribution in [0.5, 0.6) is 5.75 Å². The fraction of sp³-hybridized carbons (Fsp3) is 0.387. The lowest BCUT2D eigenvalue weighted by Crippen LogP contribution is -2.36. The van der Waals surface area contributed by atoms with E-state index in [0.29, 0.717) is 35.2 Å². The fourth-order valence-corrected chi connectivity index (χ4v) is 6.02. The molecule has 0 amide bonds. The summed E-state index contributed by atoms with van der Waals surface area (Å²) in [6.45, 7) is 1.86. The maximum Gasteiger partial charge on any atom is 0.337 e. The second-order valence-electron chi connectivity index (χ2n) is 10.2. The Bertz CT molecular complexity index is 1320. The lowest BCUT2D eigenvalue weighted by Gasteiger charge is -2.37. The van der Waals surface area contributed by atoms with Crippen LogP contribution in [0.1, 0.15) is 78.8 Å². The summed E-state index contributed by atoms with van der Waals surface area (Å²) in [5, 5.41) is 3.40. The minimum Gasteiger partial charge on any atom is -0.496 e. The van der Waals surface area contributed by atoms with E-state index in [0.717, 1.165) is 48.3 Å². The van der Waals surface area contributed by atoms with Crippen LogP contribution in [-0.2, 0) is 19.1 Å². The number of methoxy groups -OCH3 is 2. The van der Waals surface area contributed by atoms with Gasteiger partial charge in [0.15, 0.2) is 5.78 Å². The molecule has 198 valence electrons. The third-order valence-electron chi connectivity index (χ3n) is 7.87. The average molecular weight is 516 g/mol. The molecule has 7 nitrogen and oxygen atoms in total. The number of hydrogen-bond donors (Lipinski definition) is 1. The van der Waals surface area contributed by atoms with E-state index in [2.05, 4.69) is 5.32 Å². The van der Waals surface area contributed by atoms with E-state index in [4.69, 9.17) is 14.2 Å². The number of nitrogens with one attached hydrogen (secondary N) is 1. The van der Waals surface area contributed by atoms with Gasteiger partial charge in [0.05, 0.1) is 25.4 Å². The van der Waals surface area contributed by atoms with E-state index in [9.17, 15) is 14.4 Å². The Labute approximate surface area is 222 Å². The van der Waals surface area contributed by atoms with Crippen molar-refractivity contribution in [3.8, 4) is 5.75 Å². The minimum absolute atomic E-state index is 0.0182. The second-order valence-corrected chi connectivity index (χ2v) is 10.2. The summed E-state index contributed by atoms with van der Waals surface area (Å²) in [5.41, 5.74) is 4.69. The summed E-state index contributed by atoms with van der Waals surface area (Å²) >= 11 is 0. The standard InChI is InChI=1S/C31H33NO6/c1-18-27(31(35)38-22-8-4-5-9-22)28(19-12-14-20(15-13-19)30(34)37-3)29-24(32-18)16-21(17-25(29)33)23-10-6-7-11-26(23)36-2/h6-7,10-15,21-22,28,32H,4-5,8-9,16-17H2,1-3H3/t21-,28-/m0/s1. The first-order valence-electron chi connectivity index (χ1n) is 13.2. The lowest BCUT2D eigenvalue weighted by molar-refractivity contribution is -0.144. The number of hydrogen-bond acceptors (Lipinski definition) is 7. The molecule has 2 aromatic carbocycles. The zero-order chi connectivity index (χ0) is 26.8. The minimum atomic E-state index is -0.585. The van der Waals surface area contributed by atoms with Gasteiger partial charge < -0.3 is 19.5 Å². The predicted octanol–water partition coefficient (Wildman–Crippen LogP) is 5.33. The van der Waals surface area contributed by atoms with Crippen molar-refractivity contribution in [2.45, 2.75) is 63.4 Å². The van der Waals surface area contributed by atoms with Crippen LogP contribution in [0.4, 0.5) is 0 Å². The number of dihydropyridines is 1. The molecule has 1 aliphatic heterocycles. The molecule has 2 aliphatic carbocycles. The van der Waals surface area contributed by atoms with Crippen molar-refractivity contribution in [2.75, 3.05) is 14.2 Å². The topological polar surface area (TPSA) is 90.9 Å². The molecule has 5 rings (SSSR count). The largest absolute Gasteiger partial charge is 0.496 e. The van der Waals surface area contributed by atoms with Crippen LogP contribution in [0, 0.1) is 0 Å². The highest BCUT2D eigenvalue weighted by Crippen LogP contribution is 2.47. The monoisotopic (exact) mass is 515 g/mol. The Kier molecular flexibility index (Phi) is 7.36. The molecule has 0 saturated heterocycles. The van der Waals surface area contributed by atoms with E-state index in [1.165, 1.54) is 7.11 Å². The van der Waals surface area contributed by atoms with E-state index in [1.54, 1.807) is 31.4 Å². The molecule has 0 radical (unpaired) electrons. The van der Waals surface area contributed by atoms with Crippen molar-refractivity contribution < 1.29 is 28.6 Å². The van der Waals surface area contributed by atoms with Gasteiger partial charge in [0.2, 0.25) is 0 Å². The highest BCUT2D eigenvalue weighted by atomic mass is 16.5. The van der Waals surface area contributed by atoms with E-state index in [1.807, 2.05) is 31.2 Å². The van der Waals surface area contributed by atoms with Gasteiger partial charge >= 0.3 is 11.9 Å². The van der Waals surface area contributed by atoms with Crippen LogP contribution < -0.4 is 10.1 Å². The molecule has 3 aliphatic rings. The van der Waals surface area contributed by atoms with Gasteiger partial charge in [-0.25, -0.2) is 9.59 Å². The second kappa shape index (κ2) is 10.9. The van der Waals surface area contributed by atoms with Gasteiger partial charge in [-0.2, -0.15) is 0 Å². The van der Waals surface area contributed by atoms with Gasteiger partial charge in [-0.1, -0.05) is 30.3 Å². The highest BCUT2D eigenvalue weighted by Gasteiger charge is 2.42. The van der Waals surface area contributed by atoms with Crippen LogP contribution in [-0.4, -0.2) is 38.0 Å². The Balaban J connectivity index is 1.55. The molecular formula is C31H33NO6. The number of carbonyl (C=O) groups excluding carboxylic acids is 3. The molecule has 2 atom stereocenters. The molecule has 0 aromatic heterocycles. The molecular weight excluding hydrogens is 482 g/mol. The summed E-state index contributed by atoms with van der Waals surface area (Å²) in [6.07, 6.45) is 4.63. The number of allylic oxidation sites excluding steroid dienone is 3. The van der Waals surface area contributed by atoms with Crippen LogP contribution in [0.15, 0.2) is 71.1 Å². The number of ether oxygens (including phenoxy) is 3. The SMILES string of the molecule is COC(=O)c1ccc([C@H]2C(C(=O)OC3CCCC3)=C(C)NC3=C2C(=O)C[C@@H](c2ccccc2OC)C3)cc1. The quantitative estimate of drug-likeness (QED) is 0.520. The number of ketones is 1. The number of rotatable bonds is 6. The Morgan fingerprint density at radius 3 is 2.32 bits per heavy atom. The Morgan fingerprint density at radius 1 is 0.921 bits per heavy atom. The zero-order valence-corrected chi connectivity index (χ0v) is 22.0. The van der Waals surface area contributed by atoms with Crippen molar-refractivity contribution in [1.82, 2.24) is 5.32 Å². The van der Waals surface area contributed by atoms with Gasteiger partial charge in [-0.05, 0) is 68.4 Å². The number of para-hydroxylation sites is 1. The highest BCUT2D eigenvalue weighted by molar-refractivity contribution is 6.04. The number of benzene rings is 2. The normalized spacial score (nSPS) is 21.6. The summed E-state index contributed by atoms with van der Waals surface area (Å²) in [5.74, 6) is -0.730. The first kappa shape index (κ1) is 25.8. The van der Waals surface area contributed by atoms with Gasteiger partial charge in [-0.15, -0.1) is 0 Å². The Morgan fingerprint density at radius 2 is 1.63 bits per heavy atom. The Hall–Kier alpha value is -3.87. The molecule has 0 unspecified atom stereocenters. The zero-order valence-electron chi connectivity index (χ0n) is 22.0. The molecule has 0 bridgehead atoms. The van der Waals surface area contributed by atoms with Crippen LogP contribution >= 0.6 is 0 Å². The van der Waals surface area contributed by atoms with Crippen LogP contribution in [0.25, 0.3) is 0 Å².